The highest BCUT2D eigenvalue weighted by Gasteiger charge is 2.63. The van der Waals surface area contributed by atoms with Gasteiger partial charge >= 0.3 is 17.4 Å². The average Bonchev–Trinajstić information content (AvgIpc) is 2.33. The van der Waals surface area contributed by atoms with Crippen LogP contribution in [0.2, 0.25) is 0 Å². The van der Waals surface area contributed by atoms with Gasteiger partial charge in [-0.05, 0) is 19.3 Å². The fourth-order valence-electron chi connectivity index (χ4n) is 1.68. The number of ether oxygens (including phenoxy) is 1. The maximum Gasteiger partial charge on any atom is 0.432 e. The summed E-state index contributed by atoms with van der Waals surface area (Å²) in [5.74, 6) is -2.71. The molecule has 11 heteroatoms. The standard InChI is InChI=1S/C10H11F5O5S/c11-9(12,13)8(10(14,15)21(17,18)19)20-7(16)6-4-2-1-3-5-6/h1-2,6,8H,3-5H2,(H,17,18,19)/p-1. The van der Waals surface area contributed by atoms with Crippen LogP contribution in [0.15, 0.2) is 12.2 Å². The number of rotatable bonds is 4. The molecular weight excluding hydrogens is 327 g/mol. The van der Waals surface area contributed by atoms with Gasteiger partial charge in [0.05, 0.1) is 5.92 Å². The number of allylic oxidation sites excluding steroid dienone is 2. The summed E-state index contributed by atoms with van der Waals surface area (Å²) in [7, 11) is -6.66. The maximum atomic E-state index is 13.1. The molecule has 1 rings (SSSR count). The van der Waals surface area contributed by atoms with Crippen LogP contribution in [0.1, 0.15) is 19.3 Å². The van der Waals surface area contributed by atoms with Crippen molar-refractivity contribution in [3.63, 3.8) is 0 Å². The van der Waals surface area contributed by atoms with E-state index in [1.54, 1.807) is 6.08 Å². The Kier molecular flexibility index (Phi) is 4.98. The third-order valence-electron chi connectivity index (χ3n) is 2.77. The lowest BCUT2D eigenvalue weighted by Gasteiger charge is -2.31. The summed E-state index contributed by atoms with van der Waals surface area (Å²) in [5.41, 5.74) is 0. The molecule has 0 amide bonds. The summed E-state index contributed by atoms with van der Waals surface area (Å²) in [6, 6.07) is 0. The predicted octanol–water partition coefficient (Wildman–Crippen LogP) is 1.95. The van der Waals surface area contributed by atoms with E-state index in [0.29, 0.717) is 6.42 Å². The van der Waals surface area contributed by atoms with Gasteiger partial charge < -0.3 is 9.29 Å². The van der Waals surface area contributed by atoms with Crippen molar-refractivity contribution in [2.75, 3.05) is 0 Å². The molecule has 0 saturated heterocycles. The molecule has 0 fully saturated rings. The van der Waals surface area contributed by atoms with Gasteiger partial charge in [-0.1, -0.05) is 12.2 Å². The van der Waals surface area contributed by atoms with Crippen LogP contribution in [-0.2, 0) is 19.6 Å². The van der Waals surface area contributed by atoms with Crippen molar-refractivity contribution in [3.05, 3.63) is 12.2 Å². The Balaban J connectivity index is 3.00. The van der Waals surface area contributed by atoms with Gasteiger partial charge in [0.25, 0.3) is 6.10 Å². The fourth-order valence-corrected chi connectivity index (χ4v) is 2.12. The topological polar surface area (TPSA) is 83.5 Å². The van der Waals surface area contributed by atoms with Gasteiger partial charge in [0.15, 0.2) is 10.1 Å². The van der Waals surface area contributed by atoms with E-state index in [-0.39, 0.29) is 12.8 Å². The molecule has 0 N–H and O–H groups in total. The van der Waals surface area contributed by atoms with Crippen molar-refractivity contribution >= 4 is 16.1 Å². The lowest BCUT2D eigenvalue weighted by atomic mass is 9.95. The van der Waals surface area contributed by atoms with E-state index in [0.717, 1.165) is 0 Å². The summed E-state index contributed by atoms with van der Waals surface area (Å²) in [6.45, 7) is 0. The molecule has 0 bridgehead atoms. The predicted molar refractivity (Wildman–Crippen MR) is 57.1 cm³/mol. The molecule has 0 radical (unpaired) electrons. The first-order chi connectivity index (χ1) is 9.37. The molecule has 0 aliphatic heterocycles. The Morgan fingerprint density at radius 3 is 2.19 bits per heavy atom. The van der Waals surface area contributed by atoms with E-state index < -0.39 is 39.5 Å². The first-order valence-electron chi connectivity index (χ1n) is 5.63. The minimum atomic E-state index is -6.66. The minimum Gasteiger partial charge on any atom is -0.743 e. The molecule has 5 nitrogen and oxygen atoms in total. The van der Waals surface area contributed by atoms with E-state index in [1.165, 1.54) is 6.08 Å². The summed E-state index contributed by atoms with van der Waals surface area (Å²) < 4.78 is 98.2. The van der Waals surface area contributed by atoms with Crippen LogP contribution in [0.4, 0.5) is 22.0 Å². The number of esters is 1. The SMILES string of the molecule is O=C(OC(C(F)(F)F)C(F)(F)S(=O)(=O)[O-])C1CC=CCC1. The van der Waals surface area contributed by atoms with Gasteiger partial charge in [0, 0.05) is 0 Å². The lowest BCUT2D eigenvalue weighted by Crippen LogP contribution is -2.52. The largest absolute Gasteiger partial charge is 0.743 e. The molecule has 122 valence electrons. The van der Waals surface area contributed by atoms with Gasteiger partial charge in [-0.2, -0.15) is 22.0 Å². The Hall–Kier alpha value is -1.23. The quantitative estimate of drug-likeness (QED) is 0.339. The van der Waals surface area contributed by atoms with Crippen molar-refractivity contribution in [2.45, 2.75) is 36.8 Å². The normalized spacial score (nSPS) is 21.9. The number of hydrogen-bond acceptors (Lipinski definition) is 5. The van der Waals surface area contributed by atoms with Crippen LogP contribution >= 0.6 is 0 Å². The molecular formula is C10H10F5O5S-. The molecule has 0 aromatic heterocycles. The Labute approximate surface area is 116 Å². The van der Waals surface area contributed by atoms with Crippen molar-refractivity contribution in [2.24, 2.45) is 5.92 Å². The average molecular weight is 337 g/mol. The molecule has 2 atom stereocenters. The second kappa shape index (κ2) is 5.87. The van der Waals surface area contributed by atoms with E-state index in [2.05, 4.69) is 4.74 Å². The highest BCUT2D eigenvalue weighted by molar-refractivity contribution is 7.86. The van der Waals surface area contributed by atoms with Crippen LogP contribution < -0.4 is 0 Å². The first-order valence-corrected chi connectivity index (χ1v) is 7.03. The third-order valence-corrected chi connectivity index (χ3v) is 3.65. The van der Waals surface area contributed by atoms with Crippen molar-refractivity contribution in [1.29, 1.82) is 0 Å². The van der Waals surface area contributed by atoms with Gasteiger partial charge in [0.1, 0.15) is 0 Å². The highest BCUT2D eigenvalue weighted by Crippen LogP contribution is 2.38. The molecule has 0 heterocycles. The summed E-state index contributed by atoms with van der Waals surface area (Å²) in [5, 5.41) is -5.80. The smallest absolute Gasteiger partial charge is 0.432 e. The van der Waals surface area contributed by atoms with Crippen molar-refractivity contribution in [3.8, 4) is 0 Å². The molecule has 0 saturated carbocycles. The van der Waals surface area contributed by atoms with Crippen LogP contribution in [0.25, 0.3) is 0 Å². The summed E-state index contributed by atoms with van der Waals surface area (Å²) in [6.07, 6.45) is -6.73. The monoisotopic (exact) mass is 337 g/mol. The number of hydrogen-bond donors (Lipinski definition) is 0. The van der Waals surface area contributed by atoms with Gasteiger partial charge in [-0.3, -0.25) is 4.79 Å². The molecule has 0 spiro atoms. The second-order valence-corrected chi connectivity index (χ2v) is 5.81. The number of carbonyl (C=O) groups excluding carboxylic acids is 1. The van der Waals surface area contributed by atoms with E-state index in [9.17, 15) is 39.7 Å². The Morgan fingerprint density at radius 1 is 1.24 bits per heavy atom. The van der Waals surface area contributed by atoms with E-state index >= 15 is 0 Å². The fraction of sp³-hybridized carbons (Fsp3) is 0.700. The number of halogens is 5. The van der Waals surface area contributed by atoms with Crippen molar-refractivity contribution in [1.82, 2.24) is 0 Å². The first kappa shape index (κ1) is 17.8. The zero-order valence-corrected chi connectivity index (χ0v) is 11.1. The van der Waals surface area contributed by atoms with Crippen LogP contribution in [0, 0.1) is 5.92 Å². The number of carbonyl (C=O) groups is 1. The van der Waals surface area contributed by atoms with Gasteiger partial charge in [-0.15, -0.1) is 0 Å². The molecule has 0 aromatic carbocycles. The van der Waals surface area contributed by atoms with E-state index in [4.69, 9.17) is 0 Å². The molecule has 2 unspecified atom stereocenters. The Bertz CT molecular complexity index is 524. The van der Waals surface area contributed by atoms with E-state index in [1.807, 2.05) is 0 Å². The summed E-state index contributed by atoms with van der Waals surface area (Å²) in [4.78, 5) is 11.4. The summed E-state index contributed by atoms with van der Waals surface area (Å²) >= 11 is 0. The van der Waals surface area contributed by atoms with Crippen LogP contribution in [-0.4, -0.2) is 36.5 Å². The minimum absolute atomic E-state index is 0.0148. The highest BCUT2D eigenvalue weighted by atomic mass is 32.2. The van der Waals surface area contributed by atoms with Gasteiger partial charge in [0.2, 0.25) is 0 Å². The molecule has 1 aliphatic rings. The second-order valence-electron chi connectivity index (χ2n) is 4.36. The lowest BCUT2D eigenvalue weighted by molar-refractivity contribution is -0.260. The van der Waals surface area contributed by atoms with Crippen LogP contribution in [0.5, 0.6) is 0 Å². The van der Waals surface area contributed by atoms with Crippen LogP contribution in [0.3, 0.4) is 0 Å². The maximum absolute atomic E-state index is 13.1. The molecule has 1 aliphatic carbocycles. The number of alkyl halides is 5. The Morgan fingerprint density at radius 2 is 1.81 bits per heavy atom. The zero-order chi connectivity index (χ0) is 16.5. The third kappa shape index (κ3) is 4.13. The molecule has 21 heavy (non-hydrogen) atoms. The molecule has 0 aromatic rings. The van der Waals surface area contributed by atoms with Gasteiger partial charge in [-0.25, -0.2) is 8.42 Å². The zero-order valence-electron chi connectivity index (χ0n) is 10.3. The van der Waals surface area contributed by atoms with Crippen molar-refractivity contribution < 1.29 is 44.5 Å².